The van der Waals surface area contributed by atoms with Crippen molar-refractivity contribution in [3.05, 3.63) is 64.7 Å². The fourth-order valence-electron chi connectivity index (χ4n) is 3.10. The van der Waals surface area contributed by atoms with Gasteiger partial charge in [0.15, 0.2) is 5.96 Å². The minimum Gasteiger partial charge on any atom is -0.352 e. The lowest BCUT2D eigenvalue weighted by molar-refractivity contribution is -0.119. The minimum atomic E-state index is 0. The number of rotatable bonds is 5. The summed E-state index contributed by atoms with van der Waals surface area (Å²) in [7, 11) is 1.74. The van der Waals surface area contributed by atoms with Gasteiger partial charge in [0.25, 0.3) is 0 Å². The Morgan fingerprint density at radius 2 is 1.79 bits per heavy atom. The SMILES string of the molecule is CN=C(NCc1ccc(N2CCCCC2=O)cc1)NCc1ccccc1Cl.I. The quantitative estimate of drug-likeness (QED) is 0.356. The number of hydrogen-bond acceptors (Lipinski definition) is 2. The van der Waals surface area contributed by atoms with Gasteiger partial charge in [0.1, 0.15) is 0 Å². The molecule has 0 aliphatic carbocycles. The number of aliphatic imine (C=N–C) groups is 1. The number of guanidine groups is 1. The van der Waals surface area contributed by atoms with Crippen LogP contribution in [0.25, 0.3) is 0 Å². The Morgan fingerprint density at radius 3 is 2.46 bits per heavy atom. The lowest BCUT2D eigenvalue weighted by Gasteiger charge is -2.26. The van der Waals surface area contributed by atoms with E-state index in [0.29, 0.717) is 25.5 Å². The zero-order valence-corrected chi connectivity index (χ0v) is 19.0. The molecule has 1 fully saturated rings. The second-order valence-corrected chi connectivity index (χ2v) is 6.95. The van der Waals surface area contributed by atoms with Gasteiger partial charge in [-0.05, 0) is 42.2 Å². The lowest BCUT2D eigenvalue weighted by atomic mass is 10.1. The molecule has 1 aliphatic rings. The number of piperidine rings is 1. The van der Waals surface area contributed by atoms with Gasteiger partial charge >= 0.3 is 0 Å². The zero-order chi connectivity index (χ0) is 19.1. The molecule has 2 N–H and O–H groups in total. The molecule has 0 aromatic heterocycles. The number of nitrogens with one attached hydrogen (secondary N) is 2. The van der Waals surface area contributed by atoms with Crippen LogP contribution in [-0.2, 0) is 17.9 Å². The summed E-state index contributed by atoms with van der Waals surface area (Å²) in [5.41, 5.74) is 3.13. The molecule has 150 valence electrons. The molecular formula is C21H26ClIN4O. The summed E-state index contributed by atoms with van der Waals surface area (Å²) in [5.74, 6) is 0.932. The van der Waals surface area contributed by atoms with Gasteiger partial charge in [0, 0.05) is 43.8 Å². The van der Waals surface area contributed by atoms with Crippen molar-refractivity contribution in [2.45, 2.75) is 32.4 Å². The summed E-state index contributed by atoms with van der Waals surface area (Å²) in [6.07, 6.45) is 2.72. The molecule has 0 radical (unpaired) electrons. The van der Waals surface area contributed by atoms with Crippen LogP contribution in [0.1, 0.15) is 30.4 Å². The predicted octanol–water partition coefficient (Wildman–Crippen LogP) is 4.34. The molecule has 1 heterocycles. The predicted molar refractivity (Wildman–Crippen MR) is 127 cm³/mol. The van der Waals surface area contributed by atoms with Crippen molar-refractivity contribution in [1.82, 2.24) is 10.6 Å². The Hall–Kier alpha value is -1.80. The standard InChI is InChI=1S/C21H25ClN4O.HI/c1-23-21(25-15-17-6-2-3-7-19(17)22)24-14-16-9-11-18(12-10-16)26-13-5-4-8-20(26)27;/h2-3,6-7,9-12H,4-5,8,13-15H2,1H3,(H2,23,24,25);1H. The van der Waals surface area contributed by atoms with E-state index in [9.17, 15) is 4.79 Å². The smallest absolute Gasteiger partial charge is 0.226 e. The van der Waals surface area contributed by atoms with Crippen LogP contribution in [0.3, 0.4) is 0 Å². The highest BCUT2D eigenvalue weighted by atomic mass is 127. The lowest BCUT2D eigenvalue weighted by Crippen LogP contribution is -2.36. The van der Waals surface area contributed by atoms with Crippen molar-refractivity contribution in [1.29, 1.82) is 0 Å². The number of amides is 1. The molecule has 0 bridgehead atoms. The number of nitrogens with zero attached hydrogens (tertiary/aromatic N) is 2. The number of anilines is 1. The third-order valence-electron chi connectivity index (χ3n) is 4.66. The summed E-state index contributed by atoms with van der Waals surface area (Å²) in [6, 6.07) is 15.9. The van der Waals surface area contributed by atoms with Gasteiger partial charge < -0.3 is 15.5 Å². The summed E-state index contributed by atoms with van der Waals surface area (Å²) in [4.78, 5) is 18.2. The van der Waals surface area contributed by atoms with Crippen molar-refractivity contribution in [2.24, 2.45) is 4.99 Å². The molecule has 0 unspecified atom stereocenters. The molecule has 2 aromatic carbocycles. The van der Waals surface area contributed by atoms with Crippen molar-refractivity contribution in [3.63, 3.8) is 0 Å². The van der Waals surface area contributed by atoms with Crippen LogP contribution in [0.15, 0.2) is 53.5 Å². The van der Waals surface area contributed by atoms with E-state index in [1.165, 1.54) is 0 Å². The van der Waals surface area contributed by atoms with Gasteiger partial charge in [-0.25, -0.2) is 0 Å². The van der Waals surface area contributed by atoms with Crippen LogP contribution in [0.5, 0.6) is 0 Å². The van der Waals surface area contributed by atoms with Crippen LogP contribution in [-0.4, -0.2) is 25.5 Å². The van der Waals surface area contributed by atoms with Gasteiger partial charge in [0.2, 0.25) is 5.91 Å². The molecule has 1 amide bonds. The number of carbonyl (C=O) groups excluding carboxylic acids is 1. The summed E-state index contributed by atoms with van der Waals surface area (Å²) in [6.45, 7) is 2.07. The van der Waals surface area contributed by atoms with Crippen molar-refractivity contribution < 1.29 is 4.79 Å². The Kier molecular flexibility index (Phi) is 9.05. The average Bonchev–Trinajstić information content (AvgIpc) is 2.70. The molecule has 5 nitrogen and oxygen atoms in total. The molecule has 2 aromatic rings. The normalized spacial score (nSPS) is 14.4. The molecule has 3 rings (SSSR count). The second-order valence-electron chi connectivity index (χ2n) is 6.54. The number of hydrogen-bond donors (Lipinski definition) is 2. The molecule has 0 saturated carbocycles. The van der Waals surface area contributed by atoms with E-state index in [2.05, 4.69) is 15.6 Å². The first-order valence-corrected chi connectivity index (χ1v) is 9.62. The minimum absolute atomic E-state index is 0. The number of benzene rings is 2. The third kappa shape index (κ3) is 6.10. The van der Waals surface area contributed by atoms with E-state index in [4.69, 9.17) is 11.6 Å². The van der Waals surface area contributed by atoms with E-state index in [1.807, 2.05) is 53.4 Å². The van der Waals surface area contributed by atoms with Gasteiger partial charge in [-0.1, -0.05) is 41.9 Å². The first-order valence-electron chi connectivity index (χ1n) is 9.24. The van der Waals surface area contributed by atoms with E-state index in [0.717, 1.165) is 41.2 Å². The van der Waals surface area contributed by atoms with Gasteiger partial charge in [-0.15, -0.1) is 24.0 Å². The highest BCUT2D eigenvalue weighted by Crippen LogP contribution is 2.21. The molecule has 7 heteroatoms. The topological polar surface area (TPSA) is 56.7 Å². The van der Waals surface area contributed by atoms with E-state index in [1.54, 1.807) is 7.05 Å². The van der Waals surface area contributed by atoms with Crippen LogP contribution >= 0.6 is 35.6 Å². The van der Waals surface area contributed by atoms with Crippen molar-refractivity contribution >= 4 is 53.1 Å². The van der Waals surface area contributed by atoms with Crippen molar-refractivity contribution in [3.8, 4) is 0 Å². The van der Waals surface area contributed by atoms with E-state index >= 15 is 0 Å². The second kappa shape index (κ2) is 11.3. The first kappa shape index (κ1) is 22.5. The first-order chi connectivity index (χ1) is 13.2. The molecule has 1 saturated heterocycles. The fourth-order valence-corrected chi connectivity index (χ4v) is 3.30. The zero-order valence-electron chi connectivity index (χ0n) is 16.0. The Bertz CT molecular complexity index is 810. The van der Waals surface area contributed by atoms with Crippen LogP contribution in [0.2, 0.25) is 5.02 Å². The molecule has 0 atom stereocenters. The monoisotopic (exact) mass is 512 g/mol. The highest BCUT2D eigenvalue weighted by Gasteiger charge is 2.19. The van der Waals surface area contributed by atoms with Gasteiger partial charge in [-0.2, -0.15) is 0 Å². The number of halogens is 2. The van der Waals surface area contributed by atoms with Crippen LogP contribution in [0.4, 0.5) is 5.69 Å². The molecular weight excluding hydrogens is 487 g/mol. The van der Waals surface area contributed by atoms with Crippen molar-refractivity contribution in [2.75, 3.05) is 18.5 Å². The van der Waals surface area contributed by atoms with Crippen LogP contribution in [0, 0.1) is 0 Å². The maximum atomic E-state index is 12.0. The Morgan fingerprint density at radius 1 is 1.07 bits per heavy atom. The van der Waals surface area contributed by atoms with Gasteiger partial charge in [0.05, 0.1) is 0 Å². The Labute approximate surface area is 188 Å². The average molecular weight is 513 g/mol. The highest BCUT2D eigenvalue weighted by molar-refractivity contribution is 14.0. The van der Waals surface area contributed by atoms with Crippen LogP contribution < -0.4 is 15.5 Å². The van der Waals surface area contributed by atoms with E-state index < -0.39 is 0 Å². The van der Waals surface area contributed by atoms with E-state index in [-0.39, 0.29) is 29.9 Å². The summed E-state index contributed by atoms with van der Waals surface area (Å²) >= 11 is 6.18. The number of carbonyl (C=O) groups is 1. The van der Waals surface area contributed by atoms with Gasteiger partial charge in [-0.3, -0.25) is 9.79 Å². The third-order valence-corrected chi connectivity index (χ3v) is 5.03. The summed E-state index contributed by atoms with van der Waals surface area (Å²) < 4.78 is 0. The molecule has 1 aliphatic heterocycles. The maximum absolute atomic E-state index is 12.0. The summed E-state index contributed by atoms with van der Waals surface area (Å²) in [5, 5.41) is 7.30. The molecule has 28 heavy (non-hydrogen) atoms. The Balaban J connectivity index is 0.00000280. The maximum Gasteiger partial charge on any atom is 0.226 e. The molecule has 0 spiro atoms. The fraction of sp³-hybridized carbons (Fsp3) is 0.333. The largest absolute Gasteiger partial charge is 0.352 e.